The van der Waals surface area contributed by atoms with Crippen molar-refractivity contribution in [2.24, 2.45) is 0 Å². The van der Waals surface area contributed by atoms with Crippen molar-refractivity contribution in [1.29, 1.82) is 5.26 Å². The van der Waals surface area contributed by atoms with Crippen LogP contribution in [0.1, 0.15) is 10.4 Å². The third kappa shape index (κ3) is 5.34. The molecule has 0 radical (unpaired) electrons. The Morgan fingerprint density at radius 3 is 2.57 bits per heavy atom. The number of rotatable bonds is 7. The highest BCUT2D eigenvalue weighted by Crippen LogP contribution is 2.10. The van der Waals surface area contributed by atoms with Gasteiger partial charge in [-0.1, -0.05) is 0 Å². The molecule has 0 atom stereocenters. The van der Waals surface area contributed by atoms with Crippen LogP contribution in [-0.2, 0) is 9.53 Å². The lowest BCUT2D eigenvalue weighted by Gasteiger charge is -2.05. The van der Waals surface area contributed by atoms with Gasteiger partial charge in [0.1, 0.15) is 11.6 Å². The van der Waals surface area contributed by atoms with Crippen molar-refractivity contribution in [2.75, 3.05) is 25.6 Å². The van der Waals surface area contributed by atoms with Gasteiger partial charge in [0.15, 0.2) is 0 Å². The van der Waals surface area contributed by atoms with Crippen molar-refractivity contribution < 1.29 is 19.4 Å². The Balaban J connectivity index is 2.65. The maximum absolute atomic E-state index is 11.6. The summed E-state index contributed by atoms with van der Waals surface area (Å²) in [5, 5.41) is 23.0. The third-order valence-corrected chi connectivity index (χ3v) is 2.47. The number of carboxylic acids is 1. The van der Waals surface area contributed by atoms with Crippen LogP contribution in [0.25, 0.3) is 0 Å². The Labute approximate surface area is 121 Å². The van der Waals surface area contributed by atoms with Crippen LogP contribution >= 0.6 is 0 Å². The minimum Gasteiger partial charge on any atom is -0.478 e. The second-order valence-corrected chi connectivity index (χ2v) is 3.95. The Hall–Kier alpha value is -2.85. The first kappa shape index (κ1) is 16.2. The number of anilines is 1. The molecule has 0 aliphatic heterocycles. The van der Waals surface area contributed by atoms with E-state index >= 15 is 0 Å². The molecule has 0 spiro atoms. The molecule has 0 unspecified atom stereocenters. The second-order valence-electron chi connectivity index (χ2n) is 3.95. The lowest BCUT2D eigenvalue weighted by atomic mass is 10.2. The van der Waals surface area contributed by atoms with E-state index in [4.69, 9.17) is 15.1 Å². The quantitative estimate of drug-likeness (QED) is 0.392. The highest BCUT2D eigenvalue weighted by molar-refractivity contribution is 5.97. The van der Waals surface area contributed by atoms with Crippen molar-refractivity contribution in [3.63, 3.8) is 0 Å². The normalized spacial score (nSPS) is 10.6. The monoisotopic (exact) mass is 289 g/mol. The van der Waals surface area contributed by atoms with Crippen LogP contribution in [-0.4, -0.2) is 37.2 Å². The number of aromatic carboxylic acids is 1. The smallest absolute Gasteiger partial charge is 0.335 e. The SMILES string of the molecule is COCCNC(=O)/C(C#N)=C\Nc1ccc(C(=O)O)cc1. The van der Waals surface area contributed by atoms with Crippen LogP contribution < -0.4 is 10.6 Å². The predicted octanol–water partition coefficient (Wildman–Crippen LogP) is 0.967. The van der Waals surface area contributed by atoms with Gasteiger partial charge in [-0.3, -0.25) is 4.79 Å². The number of benzene rings is 1. The minimum absolute atomic E-state index is 0.0894. The summed E-state index contributed by atoms with van der Waals surface area (Å²) in [5.41, 5.74) is 0.633. The summed E-state index contributed by atoms with van der Waals surface area (Å²) in [4.78, 5) is 22.3. The Bertz CT molecular complexity index is 573. The zero-order valence-electron chi connectivity index (χ0n) is 11.4. The lowest BCUT2D eigenvalue weighted by Crippen LogP contribution is -2.28. The molecule has 0 saturated heterocycles. The molecule has 0 heterocycles. The van der Waals surface area contributed by atoms with Gasteiger partial charge < -0.3 is 20.5 Å². The summed E-state index contributed by atoms with van der Waals surface area (Å²) in [6.45, 7) is 0.663. The summed E-state index contributed by atoms with van der Waals surface area (Å²) in [7, 11) is 1.51. The molecule has 7 nitrogen and oxygen atoms in total. The van der Waals surface area contributed by atoms with E-state index in [9.17, 15) is 9.59 Å². The molecule has 0 aliphatic carbocycles. The van der Waals surface area contributed by atoms with E-state index in [1.54, 1.807) is 6.07 Å². The molecule has 0 saturated carbocycles. The first-order valence-corrected chi connectivity index (χ1v) is 6.05. The number of nitrogens with one attached hydrogen (secondary N) is 2. The lowest BCUT2D eigenvalue weighted by molar-refractivity contribution is -0.117. The highest BCUT2D eigenvalue weighted by atomic mass is 16.5. The fourth-order valence-electron chi connectivity index (χ4n) is 1.37. The number of carbonyl (C=O) groups excluding carboxylic acids is 1. The maximum Gasteiger partial charge on any atom is 0.335 e. The van der Waals surface area contributed by atoms with Crippen LogP contribution in [0.15, 0.2) is 36.0 Å². The second kappa shape index (κ2) is 8.35. The van der Waals surface area contributed by atoms with Gasteiger partial charge in [0.2, 0.25) is 0 Å². The van der Waals surface area contributed by atoms with Gasteiger partial charge in [-0.15, -0.1) is 0 Å². The maximum atomic E-state index is 11.6. The molecule has 0 aliphatic rings. The van der Waals surface area contributed by atoms with Gasteiger partial charge >= 0.3 is 5.97 Å². The summed E-state index contributed by atoms with van der Waals surface area (Å²) in [5.74, 6) is -1.53. The fourth-order valence-corrected chi connectivity index (χ4v) is 1.37. The van der Waals surface area contributed by atoms with E-state index in [1.807, 2.05) is 0 Å². The van der Waals surface area contributed by atoms with E-state index < -0.39 is 11.9 Å². The summed E-state index contributed by atoms with van der Waals surface area (Å²) >= 11 is 0. The molecule has 0 aromatic heterocycles. The van der Waals surface area contributed by atoms with Crippen LogP contribution in [0.4, 0.5) is 5.69 Å². The van der Waals surface area contributed by atoms with Crippen molar-refractivity contribution in [2.45, 2.75) is 0 Å². The Morgan fingerprint density at radius 1 is 1.38 bits per heavy atom. The fraction of sp³-hybridized carbons (Fsp3) is 0.214. The molecule has 3 N–H and O–H groups in total. The average molecular weight is 289 g/mol. The summed E-state index contributed by atoms with van der Waals surface area (Å²) < 4.78 is 4.78. The number of hydrogen-bond donors (Lipinski definition) is 3. The highest BCUT2D eigenvalue weighted by Gasteiger charge is 2.07. The van der Waals surface area contributed by atoms with Gasteiger partial charge in [0, 0.05) is 25.5 Å². The average Bonchev–Trinajstić information content (AvgIpc) is 2.48. The summed E-state index contributed by atoms with van der Waals surface area (Å²) in [6, 6.07) is 7.70. The predicted molar refractivity (Wildman–Crippen MR) is 75.6 cm³/mol. The molecule has 0 fully saturated rings. The van der Waals surface area contributed by atoms with Crippen LogP contribution in [0.3, 0.4) is 0 Å². The van der Waals surface area contributed by atoms with Crippen LogP contribution in [0.5, 0.6) is 0 Å². The molecule has 1 aromatic carbocycles. The standard InChI is InChI=1S/C14H15N3O4/c1-21-7-6-16-13(18)11(8-15)9-17-12-4-2-10(3-5-12)14(19)20/h2-5,9,17H,6-7H2,1H3,(H,16,18)(H,19,20)/b11-9-. The Morgan fingerprint density at radius 2 is 2.05 bits per heavy atom. The number of methoxy groups -OCH3 is 1. The number of nitrogens with zero attached hydrogens (tertiary/aromatic N) is 1. The zero-order valence-corrected chi connectivity index (χ0v) is 11.4. The number of nitriles is 1. The van der Waals surface area contributed by atoms with E-state index in [1.165, 1.54) is 37.6 Å². The van der Waals surface area contributed by atoms with E-state index in [0.29, 0.717) is 18.8 Å². The third-order valence-electron chi connectivity index (χ3n) is 2.47. The van der Waals surface area contributed by atoms with Gasteiger partial charge in [0.05, 0.1) is 12.2 Å². The first-order valence-electron chi connectivity index (χ1n) is 6.05. The van der Waals surface area contributed by atoms with Gasteiger partial charge in [-0.05, 0) is 24.3 Å². The van der Waals surface area contributed by atoms with Gasteiger partial charge in [-0.25, -0.2) is 4.79 Å². The number of carbonyl (C=O) groups is 2. The van der Waals surface area contributed by atoms with E-state index in [0.717, 1.165) is 0 Å². The van der Waals surface area contributed by atoms with Crippen LogP contribution in [0, 0.1) is 11.3 Å². The largest absolute Gasteiger partial charge is 0.478 e. The molecule has 1 aromatic rings. The van der Waals surface area contributed by atoms with Crippen LogP contribution in [0.2, 0.25) is 0 Å². The van der Waals surface area contributed by atoms with Crippen molar-refractivity contribution >= 4 is 17.6 Å². The first-order chi connectivity index (χ1) is 10.1. The number of carboxylic acid groups (broad SMARTS) is 1. The zero-order chi connectivity index (χ0) is 15.7. The number of ether oxygens (including phenoxy) is 1. The topological polar surface area (TPSA) is 111 Å². The van der Waals surface area contributed by atoms with E-state index in [-0.39, 0.29) is 11.1 Å². The number of amides is 1. The Kier molecular flexibility index (Phi) is 6.44. The number of hydrogen-bond acceptors (Lipinski definition) is 5. The van der Waals surface area contributed by atoms with Gasteiger partial charge in [0.25, 0.3) is 5.91 Å². The van der Waals surface area contributed by atoms with Crippen molar-refractivity contribution in [1.82, 2.24) is 5.32 Å². The minimum atomic E-state index is -1.02. The molecular weight excluding hydrogens is 274 g/mol. The molecule has 7 heteroatoms. The van der Waals surface area contributed by atoms with Crippen molar-refractivity contribution in [3.8, 4) is 6.07 Å². The molecule has 0 bridgehead atoms. The van der Waals surface area contributed by atoms with E-state index in [2.05, 4.69) is 10.6 Å². The molecule has 110 valence electrons. The molecule has 1 amide bonds. The van der Waals surface area contributed by atoms with Gasteiger partial charge in [-0.2, -0.15) is 5.26 Å². The summed E-state index contributed by atoms with van der Waals surface area (Å²) in [6.07, 6.45) is 1.26. The van der Waals surface area contributed by atoms with Crippen molar-refractivity contribution in [3.05, 3.63) is 41.6 Å². The molecule has 1 rings (SSSR count). The molecular formula is C14H15N3O4. The molecule has 21 heavy (non-hydrogen) atoms.